The quantitative estimate of drug-likeness (QED) is 0.627. The van der Waals surface area contributed by atoms with Gasteiger partial charge in [0, 0.05) is 16.6 Å². The summed E-state index contributed by atoms with van der Waals surface area (Å²) < 4.78 is 41.5. The van der Waals surface area contributed by atoms with Crippen molar-refractivity contribution < 1.29 is 17.9 Å². The fourth-order valence-corrected chi connectivity index (χ4v) is 2.49. The molecule has 0 heterocycles. The number of halogens is 3. The first-order chi connectivity index (χ1) is 8.40. The number of rotatable bonds is 6. The van der Waals surface area contributed by atoms with Crippen molar-refractivity contribution in [1.82, 2.24) is 0 Å². The van der Waals surface area contributed by atoms with E-state index >= 15 is 0 Å². The van der Waals surface area contributed by atoms with Gasteiger partial charge in [-0.3, -0.25) is 0 Å². The summed E-state index contributed by atoms with van der Waals surface area (Å²) in [6.45, 7) is 1.12. The van der Waals surface area contributed by atoms with Crippen molar-refractivity contribution in [3.8, 4) is 5.75 Å². The molecule has 1 aromatic carbocycles. The maximum absolute atomic E-state index is 13.3. The Kier molecular flexibility index (Phi) is 5.65. The molecule has 6 heteroatoms. The molecule has 0 atom stereocenters. The molecule has 0 amide bonds. The number of hydrogen-bond donors (Lipinski definition) is 1. The van der Waals surface area contributed by atoms with E-state index in [-0.39, 0.29) is 5.69 Å². The molecule has 0 radical (unpaired) electrons. The minimum Gasteiger partial charge on any atom is -0.432 e. The topological polar surface area (TPSA) is 35.2 Å². The summed E-state index contributed by atoms with van der Waals surface area (Å²) in [5.41, 5.74) is 5.87. The normalized spacial score (nSPS) is 11.3. The standard InChI is InChI=1S/C12H16F3NOS/c1-7(2)3-4-18-11-6-10(17-12(14)15)8(13)5-9(11)16/h5-7,12H,3-4,16H2,1-2H3. The van der Waals surface area contributed by atoms with Crippen LogP contribution in [0.15, 0.2) is 17.0 Å². The summed E-state index contributed by atoms with van der Waals surface area (Å²) in [7, 11) is 0. The van der Waals surface area contributed by atoms with Crippen molar-refractivity contribution in [2.75, 3.05) is 11.5 Å². The SMILES string of the molecule is CC(C)CCSc1cc(OC(F)F)c(F)cc1N. The number of nitrogen functional groups attached to an aromatic ring is 1. The van der Waals surface area contributed by atoms with Gasteiger partial charge < -0.3 is 10.5 Å². The van der Waals surface area contributed by atoms with Gasteiger partial charge in [-0.15, -0.1) is 11.8 Å². The van der Waals surface area contributed by atoms with Crippen molar-refractivity contribution in [3.05, 3.63) is 17.9 Å². The van der Waals surface area contributed by atoms with Crippen LogP contribution in [0.1, 0.15) is 20.3 Å². The molecule has 0 saturated heterocycles. The Balaban J connectivity index is 2.77. The molecule has 1 aromatic rings. The molecule has 0 aliphatic carbocycles. The molecule has 0 spiro atoms. The first-order valence-electron chi connectivity index (χ1n) is 5.56. The van der Waals surface area contributed by atoms with Crippen LogP contribution < -0.4 is 10.5 Å². The van der Waals surface area contributed by atoms with E-state index in [0.29, 0.717) is 10.8 Å². The summed E-state index contributed by atoms with van der Waals surface area (Å²) in [5, 5.41) is 0. The van der Waals surface area contributed by atoms with Crippen LogP contribution in [0.2, 0.25) is 0 Å². The molecular weight excluding hydrogens is 263 g/mol. The van der Waals surface area contributed by atoms with Crippen molar-refractivity contribution in [1.29, 1.82) is 0 Å². The second-order valence-corrected chi connectivity index (χ2v) is 5.37. The van der Waals surface area contributed by atoms with Crippen LogP contribution in [0.3, 0.4) is 0 Å². The second kappa shape index (κ2) is 6.78. The Morgan fingerprint density at radius 1 is 1.33 bits per heavy atom. The van der Waals surface area contributed by atoms with Crippen LogP contribution in [0.5, 0.6) is 5.75 Å². The third kappa shape index (κ3) is 4.68. The molecule has 102 valence electrons. The highest BCUT2D eigenvalue weighted by atomic mass is 32.2. The zero-order valence-corrected chi connectivity index (χ0v) is 11.1. The minimum atomic E-state index is -3.04. The predicted molar refractivity (Wildman–Crippen MR) is 67.6 cm³/mol. The van der Waals surface area contributed by atoms with E-state index in [1.165, 1.54) is 17.8 Å². The van der Waals surface area contributed by atoms with Gasteiger partial charge >= 0.3 is 6.61 Å². The van der Waals surface area contributed by atoms with Gasteiger partial charge in [-0.25, -0.2) is 4.39 Å². The van der Waals surface area contributed by atoms with E-state index in [9.17, 15) is 13.2 Å². The van der Waals surface area contributed by atoms with Crippen LogP contribution in [0.4, 0.5) is 18.9 Å². The molecular formula is C12H16F3NOS. The van der Waals surface area contributed by atoms with Gasteiger partial charge in [0.25, 0.3) is 0 Å². The summed E-state index contributed by atoms with van der Waals surface area (Å²) in [6, 6.07) is 2.23. The first kappa shape index (κ1) is 15.0. The Morgan fingerprint density at radius 3 is 2.56 bits per heavy atom. The Labute approximate surface area is 109 Å². The molecule has 0 fully saturated rings. The van der Waals surface area contributed by atoms with Crippen molar-refractivity contribution in [2.24, 2.45) is 5.92 Å². The molecule has 0 saturated carbocycles. The Hall–Kier alpha value is -1.04. The van der Waals surface area contributed by atoms with Gasteiger partial charge in [0.1, 0.15) is 0 Å². The maximum Gasteiger partial charge on any atom is 0.387 e. The van der Waals surface area contributed by atoms with Gasteiger partial charge in [0.15, 0.2) is 11.6 Å². The average molecular weight is 279 g/mol. The lowest BCUT2D eigenvalue weighted by Crippen LogP contribution is -2.05. The fourth-order valence-electron chi connectivity index (χ4n) is 1.27. The van der Waals surface area contributed by atoms with E-state index in [1.54, 1.807) is 0 Å². The summed E-state index contributed by atoms with van der Waals surface area (Å²) in [4.78, 5) is 0.563. The zero-order chi connectivity index (χ0) is 13.7. The van der Waals surface area contributed by atoms with Crippen molar-refractivity contribution >= 4 is 17.4 Å². The van der Waals surface area contributed by atoms with Gasteiger partial charge in [-0.1, -0.05) is 13.8 Å². The van der Waals surface area contributed by atoms with E-state index in [1.807, 2.05) is 0 Å². The number of alkyl halides is 2. The lowest BCUT2D eigenvalue weighted by molar-refractivity contribution is -0.0523. The highest BCUT2D eigenvalue weighted by molar-refractivity contribution is 7.99. The van der Waals surface area contributed by atoms with E-state index in [0.717, 1.165) is 18.2 Å². The summed E-state index contributed by atoms with van der Waals surface area (Å²) in [6.07, 6.45) is 0.965. The lowest BCUT2D eigenvalue weighted by Gasteiger charge is -2.11. The van der Waals surface area contributed by atoms with Crippen LogP contribution in [-0.2, 0) is 0 Å². The largest absolute Gasteiger partial charge is 0.432 e. The van der Waals surface area contributed by atoms with Gasteiger partial charge in [0.05, 0.1) is 0 Å². The molecule has 0 bridgehead atoms. The summed E-state index contributed by atoms with van der Waals surface area (Å²) >= 11 is 1.41. The minimum absolute atomic E-state index is 0.239. The number of anilines is 1. The van der Waals surface area contributed by atoms with Crippen molar-refractivity contribution in [2.45, 2.75) is 31.8 Å². The average Bonchev–Trinajstić information content (AvgIpc) is 2.23. The van der Waals surface area contributed by atoms with Crippen LogP contribution >= 0.6 is 11.8 Å². The maximum atomic E-state index is 13.3. The van der Waals surface area contributed by atoms with E-state index in [2.05, 4.69) is 18.6 Å². The molecule has 0 unspecified atom stereocenters. The third-order valence-corrected chi connectivity index (χ3v) is 3.34. The second-order valence-electron chi connectivity index (χ2n) is 4.23. The number of hydrogen-bond acceptors (Lipinski definition) is 3. The molecule has 0 aromatic heterocycles. The highest BCUT2D eigenvalue weighted by Crippen LogP contribution is 2.33. The summed E-state index contributed by atoms with van der Waals surface area (Å²) in [5.74, 6) is -0.00931. The number of benzene rings is 1. The Morgan fingerprint density at radius 2 is 2.00 bits per heavy atom. The molecule has 0 aliphatic heterocycles. The fraction of sp³-hybridized carbons (Fsp3) is 0.500. The zero-order valence-electron chi connectivity index (χ0n) is 10.3. The molecule has 2 nitrogen and oxygen atoms in total. The Bertz CT molecular complexity index is 399. The number of nitrogens with two attached hydrogens (primary N) is 1. The van der Waals surface area contributed by atoms with Gasteiger partial charge in [0.2, 0.25) is 0 Å². The van der Waals surface area contributed by atoms with E-state index < -0.39 is 18.2 Å². The molecule has 18 heavy (non-hydrogen) atoms. The molecule has 1 rings (SSSR count). The highest BCUT2D eigenvalue weighted by Gasteiger charge is 2.13. The monoisotopic (exact) mass is 279 g/mol. The van der Waals surface area contributed by atoms with Gasteiger partial charge in [-0.2, -0.15) is 8.78 Å². The number of ether oxygens (including phenoxy) is 1. The van der Waals surface area contributed by atoms with Crippen LogP contribution in [-0.4, -0.2) is 12.4 Å². The first-order valence-corrected chi connectivity index (χ1v) is 6.55. The van der Waals surface area contributed by atoms with E-state index in [4.69, 9.17) is 5.73 Å². The predicted octanol–water partition coefficient (Wildman–Crippen LogP) is 4.15. The number of thioether (sulfide) groups is 1. The molecule has 2 N–H and O–H groups in total. The third-order valence-electron chi connectivity index (χ3n) is 2.23. The molecule has 0 aliphatic rings. The lowest BCUT2D eigenvalue weighted by atomic mass is 10.2. The smallest absolute Gasteiger partial charge is 0.387 e. The van der Waals surface area contributed by atoms with Crippen LogP contribution in [0, 0.1) is 11.7 Å². The van der Waals surface area contributed by atoms with Crippen molar-refractivity contribution in [3.63, 3.8) is 0 Å². The van der Waals surface area contributed by atoms with Crippen LogP contribution in [0.25, 0.3) is 0 Å². The van der Waals surface area contributed by atoms with Gasteiger partial charge in [-0.05, 0) is 24.2 Å².